The fourth-order valence-corrected chi connectivity index (χ4v) is 5.26. The van der Waals surface area contributed by atoms with Crippen molar-refractivity contribution >= 4 is 45.0 Å². The molecule has 0 amide bonds. The largest absolute Gasteiger partial charge is 0.390 e. The lowest BCUT2D eigenvalue weighted by Gasteiger charge is -2.35. The molecule has 1 aliphatic rings. The van der Waals surface area contributed by atoms with E-state index in [9.17, 15) is 5.11 Å². The molecule has 1 aliphatic heterocycles. The van der Waals surface area contributed by atoms with Crippen LogP contribution in [0.3, 0.4) is 0 Å². The molecule has 32 heavy (non-hydrogen) atoms. The van der Waals surface area contributed by atoms with Crippen LogP contribution in [-0.4, -0.2) is 58.3 Å². The third-order valence-electron chi connectivity index (χ3n) is 6.42. The number of nitrogens with zero attached hydrogens (tertiary/aromatic N) is 3. The number of rotatable bonds is 6. The van der Waals surface area contributed by atoms with Gasteiger partial charge < -0.3 is 9.67 Å². The van der Waals surface area contributed by atoms with E-state index in [0.29, 0.717) is 18.1 Å². The van der Waals surface area contributed by atoms with Crippen LogP contribution in [0.25, 0.3) is 21.8 Å². The van der Waals surface area contributed by atoms with Crippen molar-refractivity contribution in [2.45, 2.75) is 19.2 Å². The molecule has 3 aromatic carbocycles. The second kappa shape index (κ2) is 9.42. The average Bonchev–Trinajstić information content (AvgIpc) is 3.11. The minimum atomic E-state index is -0.425. The van der Waals surface area contributed by atoms with Crippen molar-refractivity contribution in [2.75, 3.05) is 32.7 Å². The van der Waals surface area contributed by atoms with E-state index in [1.165, 1.54) is 21.8 Å². The third kappa shape index (κ3) is 4.52. The third-order valence-corrected chi connectivity index (χ3v) is 7.00. The van der Waals surface area contributed by atoms with Crippen LogP contribution in [0.2, 0.25) is 10.0 Å². The number of β-amino-alcohol motifs (C(OH)–C–C–N with tert-alkyl or cyclic N) is 1. The second-order valence-electron chi connectivity index (χ2n) is 8.61. The zero-order valence-corrected chi connectivity index (χ0v) is 19.4. The number of aliphatic hydroxyl groups is 1. The number of hydrogen-bond acceptors (Lipinski definition) is 3. The highest BCUT2D eigenvalue weighted by atomic mass is 35.5. The summed E-state index contributed by atoms with van der Waals surface area (Å²) in [6, 6.07) is 22.6. The highest BCUT2D eigenvalue weighted by Crippen LogP contribution is 2.29. The molecule has 0 unspecified atom stereocenters. The molecular formula is C26H27Cl2N3O. The van der Waals surface area contributed by atoms with Gasteiger partial charge in [-0.3, -0.25) is 9.80 Å². The maximum atomic E-state index is 10.9. The molecule has 0 radical (unpaired) electrons. The quantitative estimate of drug-likeness (QED) is 0.418. The minimum Gasteiger partial charge on any atom is -0.390 e. The lowest BCUT2D eigenvalue weighted by atomic mass is 10.2. The first kappa shape index (κ1) is 21.7. The van der Waals surface area contributed by atoms with Crippen LogP contribution < -0.4 is 0 Å². The molecule has 1 atom stereocenters. The normalized spacial score (nSPS) is 16.7. The standard InChI is InChI=1S/C26H27Cl2N3O/c27-20-10-9-19(24(28)15-20)16-29-11-13-30(14-12-29)17-21(32)18-31-25-7-3-1-5-22(25)23-6-2-4-8-26(23)31/h1-10,15,21,32H,11-14,16-18H2/t21-/m1/s1. The summed E-state index contributed by atoms with van der Waals surface area (Å²) in [5, 5.41) is 14.8. The van der Waals surface area contributed by atoms with E-state index in [1.807, 2.05) is 12.1 Å². The molecule has 0 saturated carbocycles. The molecule has 166 valence electrons. The zero-order valence-electron chi connectivity index (χ0n) is 17.9. The van der Waals surface area contributed by atoms with Crippen molar-refractivity contribution < 1.29 is 5.11 Å². The highest BCUT2D eigenvalue weighted by molar-refractivity contribution is 6.35. The average molecular weight is 468 g/mol. The van der Waals surface area contributed by atoms with Crippen LogP contribution in [0.4, 0.5) is 0 Å². The molecule has 6 heteroatoms. The van der Waals surface area contributed by atoms with Gasteiger partial charge in [0.25, 0.3) is 0 Å². The van der Waals surface area contributed by atoms with Crippen LogP contribution in [0.1, 0.15) is 5.56 Å². The zero-order chi connectivity index (χ0) is 22.1. The van der Waals surface area contributed by atoms with Crippen molar-refractivity contribution in [1.82, 2.24) is 14.4 Å². The van der Waals surface area contributed by atoms with E-state index in [2.05, 4.69) is 62.9 Å². The van der Waals surface area contributed by atoms with Crippen LogP contribution in [0.15, 0.2) is 66.7 Å². The van der Waals surface area contributed by atoms with E-state index >= 15 is 0 Å². The Balaban J connectivity index is 1.21. The van der Waals surface area contributed by atoms with Crippen LogP contribution in [0, 0.1) is 0 Å². The molecular weight excluding hydrogens is 441 g/mol. The first-order valence-corrected chi connectivity index (χ1v) is 11.9. The van der Waals surface area contributed by atoms with Gasteiger partial charge in [-0.1, -0.05) is 65.7 Å². The Kier molecular flexibility index (Phi) is 6.40. The number of benzene rings is 3. The van der Waals surface area contributed by atoms with E-state index in [4.69, 9.17) is 23.2 Å². The number of piperazine rings is 1. The van der Waals surface area contributed by atoms with Gasteiger partial charge in [-0.15, -0.1) is 0 Å². The van der Waals surface area contributed by atoms with Gasteiger partial charge in [0.05, 0.1) is 12.6 Å². The highest BCUT2D eigenvalue weighted by Gasteiger charge is 2.21. The molecule has 2 heterocycles. The van der Waals surface area contributed by atoms with Gasteiger partial charge in [-0.25, -0.2) is 0 Å². The Morgan fingerprint density at radius 2 is 1.34 bits per heavy atom. The van der Waals surface area contributed by atoms with Crippen LogP contribution in [0.5, 0.6) is 0 Å². The van der Waals surface area contributed by atoms with Crippen molar-refractivity contribution in [3.8, 4) is 0 Å². The SMILES string of the molecule is O[C@H](CN1CCN(Cc2ccc(Cl)cc2Cl)CC1)Cn1c2ccccc2c2ccccc21. The van der Waals surface area contributed by atoms with Gasteiger partial charge in [0.2, 0.25) is 0 Å². The Morgan fingerprint density at radius 1 is 0.750 bits per heavy atom. The van der Waals surface area contributed by atoms with Crippen molar-refractivity contribution in [1.29, 1.82) is 0 Å². The van der Waals surface area contributed by atoms with Gasteiger partial charge in [0.1, 0.15) is 0 Å². The van der Waals surface area contributed by atoms with E-state index in [1.54, 1.807) is 6.07 Å². The van der Waals surface area contributed by atoms with E-state index in [-0.39, 0.29) is 0 Å². The topological polar surface area (TPSA) is 31.6 Å². The molecule has 1 fully saturated rings. The number of fused-ring (bicyclic) bond motifs is 3. The number of hydrogen-bond donors (Lipinski definition) is 1. The van der Waals surface area contributed by atoms with Crippen molar-refractivity contribution in [2.24, 2.45) is 0 Å². The second-order valence-corrected chi connectivity index (χ2v) is 9.45. The predicted molar refractivity (Wildman–Crippen MR) is 134 cm³/mol. The monoisotopic (exact) mass is 467 g/mol. The molecule has 1 aromatic heterocycles. The van der Waals surface area contributed by atoms with Gasteiger partial charge >= 0.3 is 0 Å². The molecule has 0 aliphatic carbocycles. The van der Waals surface area contributed by atoms with Crippen LogP contribution in [-0.2, 0) is 13.1 Å². The predicted octanol–water partition coefficient (Wildman–Crippen LogP) is 5.28. The number of halogens is 2. The van der Waals surface area contributed by atoms with Crippen molar-refractivity contribution in [3.63, 3.8) is 0 Å². The Morgan fingerprint density at radius 3 is 1.97 bits per heavy atom. The molecule has 4 nitrogen and oxygen atoms in total. The summed E-state index contributed by atoms with van der Waals surface area (Å²) < 4.78 is 2.26. The lowest BCUT2D eigenvalue weighted by molar-refractivity contribution is 0.0634. The smallest absolute Gasteiger partial charge is 0.0845 e. The van der Waals surface area contributed by atoms with E-state index in [0.717, 1.165) is 43.3 Å². The number of aromatic nitrogens is 1. The maximum absolute atomic E-state index is 10.9. The number of para-hydroxylation sites is 2. The van der Waals surface area contributed by atoms with Gasteiger partial charge in [0, 0.05) is 71.1 Å². The number of aliphatic hydroxyl groups excluding tert-OH is 1. The molecule has 4 aromatic rings. The van der Waals surface area contributed by atoms with Crippen molar-refractivity contribution in [3.05, 3.63) is 82.3 Å². The summed E-state index contributed by atoms with van der Waals surface area (Å²) >= 11 is 12.4. The summed E-state index contributed by atoms with van der Waals surface area (Å²) in [4.78, 5) is 4.77. The minimum absolute atomic E-state index is 0.425. The van der Waals surface area contributed by atoms with E-state index < -0.39 is 6.10 Å². The summed E-state index contributed by atoms with van der Waals surface area (Å²) in [6.45, 7) is 5.89. The Labute approximate surface area is 198 Å². The summed E-state index contributed by atoms with van der Waals surface area (Å²) in [5.41, 5.74) is 3.46. The van der Waals surface area contributed by atoms with Crippen LogP contribution >= 0.6 is 23.2 Å². The fourth-order valence-electron chi connectivity index (χ4n) is 4.79. The summed E-state index contributed by atoms with van der Waals surface area (Å²) in [7, 11) is 0. The summed E-state index contributed by atoms with van der Waals surface area (Å²) in [5.74, 6) is 0. The first-order chi connectivity index (χ1) is 15.6. The molecule has 1 N–H and O–H groups in total. The molecule has 5 rings (SSSR count). The van der Waals surface area contributed by atoms with Gasteiger partial charge in [-0.05, 0) is 29.8 Å². The fraction of sp³-hybridized carbons (Fsp3) is 0.308. The van der Waals surface area contributed by atoms with Gasteiger partial charge in [-0.2, -0.15) is 0 Å². The molecule has 0 spiro atoms. The first-order valence-electron chi connectivity index (χ1n) is 11.1. The Hall–Kier alpha value is -2.08. The molecule has 0 bridgehead atoms. The van der Waals surface area contributed by atoms with Gasteiger partial charge in [0.15, 0.2) is 0 Å². The maximum Gasteiger partial charge on any atom is 0.0845 e. The lowest BCUT2D eigenvalue weighted by Crippen LogP contribution is -2.48. The Bertz CT molecular complexity index is 1180. The summed E-state index contributed by atoms with van der Waals surface area (Å²) in [6.07, 6.45) is -0.425. The molecule has 1 saturated heterocycles.